The Balaban J connectivity index is 1.70. The molecule has 0 atom stereocenters. The summed E-state index contributed by atoms with van der Waals surface area (Å²) >= 11 is 0. The molecule has 0 bridgehead atoms. The van der Waals surface area contributed by atoms with Crippen LogP contribution < -0.4 is 5.73 Å². The zero-order valence-electron chi connectivity index (χ0n) is 11.6. The molecule has 1 aliphatic rings. The molecule has 2 N–H and O–H groups in total. The van der Waals surface area contributed by atoms with Crippen LogP contribution in [-0.2, 0) is 11.2 Å². The van der Waals surface area contributed by atoms with E-state index in [0.717, 1.165) is 38.3 Å². The van der Waals surface area contributed by atoms with Gasteiger partial charge in [0.25, 0.3) is 0 Å². The molecule has 1 amide bonds. The summed E-state index contributed by atoms with van der Waals surface area (Å²) in [6.45, 7) is 2.29. The highest BCUT2D eigenvalue weighted by atomic mass is 16.2. The molecule has 2 rings (SSSR count). The van der Waals surface area contributed by atoms with Gasteiger partial charge in [0.05, 0.1) is 0 Å². The second kappa shape index (κ2) is 7.29. The Bertz CT molecular complexity index is 383. The number of amides is 1. The molecule has 1 saturated heterocycles. The Kier molecular flexibility index (Phi) is 5.40. The zero-order valence-corrected chi connectivity index (χ0v) is 11.6. The molecule has 1 fully saturated rings. The summed E-state index contributed by atoms with van der Waals surface area (Å²) < 4.78 is 0. The Labute approximate surface area is 115 Å². The molecule has 0 unspecified atom stereocenters. The average Bonchev–Trinajstić information content (AvgIpc) is 2.47. The fourth-order valence-electron chi connectivity index (χ4n) is 2.77. The van der Waals surface area contributed by atoms with Gasteiger partial charge in [0.15, 0.2) is 0 Å². The van der Waals surface area contributed by atoms with Gasteiger partial charge in [-0.15, -0.1) is 0 Å². The maximum Gasteiger partial charge on any atom is 0.223 e. The monoisotopic (exact) mass is 260 g/mol. The number of carbonyl (C=O) groups is 1. The van der Waals surface area contributed by atoms with Gasteiger partial charge in [-0.2, -0.15) is 0 Å². The molecule has 0 aliphatic carbocycles. The van der Waals surface area contributed by atoms with Gasteiger partial charge in [-0.05, 0) is 37.2 Å². The summed E-state index contributed by atoms with van der Waals surface area (Å²) in [5.41, 5.74) is 6.85. The molecule has 0 spiro atoms. The van der Waals surface area contributed by atoms with E-state index in [4.69, 9.17) is 5.73 Å². The number of rotatable bonds is 5. The lowest BCUT2D eigenvalue weighted by Gasteiger charge is -2.32. The smallest absolute Gasteiger partial charge is 0.223 e. The van der Waals surface area contributed by atoms with Crippen molar-refractivity contribution in [1.29, 1.82) is 0 Å². The molecule has 19 heavy (non-hydrogen) atoms. The Morgan fingerprint density at radius 3 is 2.53 bits per heavy atom. The van der Waals surface area contributed by atoms with E-state index < -0.39 is 0 Å². The number of carbonyl (C=O) groups excluding carboxylic acids is 1. The van der Waals surface area contributed by atoms with Crippen LogP contribution in [-0.4, -0.2) is 30.4 Å². The number of hydrogen-bond acceptors (Lipinski definition) is 2. The molecule has 1 aromatic rings. The molecule has 0 aromatic heterocycles. The van der Waals surface area contributed by atoms with Crippen molar-refractivity contribution in [2.24, 2.45) is 11.7 Å². The highest BCUT2D eigenvalue weighted by Gasteiger charge is 2.21. The van der Waals surface area contributed by atoms with Crippen LogP contribution in [0, 0.1) is 5.92 Å². The van der Waals surface area contributed by atoms with Gasteiger partial charge in [-0.25, -0.2) is 0 Å². The van der Waals surface area contributed by atoms with Crippen molar-refractivity contribution >= 4 is 5.91 Å². The maximum absolute atomic E-state index is 11.7. The van der Waals surface area contributed by atoms with Crippen LogP contribution in [0.2, 0.25) is 0 Å². The van der Waals surface area contributed by atoms with E-state index in [1.807, 2.05) is 4.90 Å². The van der Waals surface area contributed by atoms with Crippen LogP contribution >= 0.6 is 0 Å². The predicted molar refractivity (Wildman–Crippen MR) is 77.7 cm³/mol. The number of nitrogens with zero attached hydrogens (tertiary/aromatic N) is 1. The van der Waals surface area contributed by atoms with E-state index >= 15 is 0 Å². The molecule has 0 saturated carbocycles. The van der Waals surface area contributed by atoms with Crippen LogP contribution in [0.4, 0.5) is 0 Å². The first-order chi connectivity index (χ1) is 9.29. The van der Waals surface area contributed by atoms with Crippen LogP contribution in [0.5, 0.6) is 0 Å². The van der Waals surface area contributed by atoms with E-state index in [-0.39, 0.29) is 5.91 Å². The van der Waals surface area contributed by atoms with Crippen molar-refractivity contribution in [3.8, 4) is 0 Å². The minimum Gasteiger partial charge on any atom is -0.343 e. The van der Waals surface area contributed by atoms with Gasteiger partial charge < -0.3 is 10.6 Å². The third kappa shape index (κ3) is 4.35. The summed E-state index contributed by atoms with van der Waals surface area (Å²) in [6, 6.07) is 10.7. The number of benzene rings is 1. The second-order valence-corrected chi connectivity index (χ2v) is 5.39. The predicted octanol–water partition coefficient (Wildman–Crippen LogP) is 2.21. The summed E-state index contributed by atoms with van der Waals surface area (Å²) in [7, 11) is 0. The van der Waals surface area contributed by atoms with Gasteiger partial charge in [-0.3, -0.25) is 4.79 Å². The van der Waals surface area contributed by atoms with Crippen LogP contribution in [0.15, 0.2) is 30.3 Å². The SMILES string of the molecule is NCCC(=O)N1CCC(CCc2ccccc2)CC1. The van der Waals surface area contributed by atoms with E-state index in [0.29, 0.717) is 13.0 Å². The van der Waals surface area contributed by atoms with Gasteiger partial charge in [0, 0.05) is 26.1 Å². The Morgan fingerprint density at radius 1 is 1.21 bits per heavy atom. The minimum absolute atomic E-state index is 0.226. The summed E-state index contributed by atoms with van der Waals surface area (Å²) in [6.07, 6.45) is 5.17. The topological polar surface area (TPSA) is 46.3 Å². The maximum atomic E-state index is 11.7. The standard InChI is InChI=1S/C16H24N2O/c17-11-8-16(19)18-12-9-15(10-13-18)7-6-14-4-2-1-3-5-14/h1-5,15H,6-13,17H2. The lowest BCUT2D eigenvalue weighted by Crippen LogP contribution is -2.39. The molecule has 3 heteroatoms. The number of hydrogen-bond donors (Lipinski definition) is 1. The van der Waals surface area contributed by atoms with Crippen molar-refractivity contribution in [2.45, 2.75) is 32.1 Å². The third-order valence-electron chi connectivity index (χ3n) is 4.01. The van der Waals surface area contributed by atoms with Crippen LogP contribution in [0.3, 0.4) is 0 Å². The molecule has 1 aromatic carbocycles. The van der Waals surface area contributed by atoms with Crippen molar-refractivity contribution in [3.05, 3.63) is 35.9 Å². The molecule has 1 heterocycles. The van der Waals surface area contributed by atoms with E-state index in [2.05, 4.69) is 30.3 Å². The fourth-order valence-corrected chi connectivity index (χ4v) is 2.77. The third-order valence-corrected chi connectivity index (χ3v) is 4.01. The summed E-state index contributed by atoms with van der Waals surface area (Å²) in [4.78, 5) is 13.7. The van der Waals surface area contributed by atoms with E-state index in [1.54, 1.807) is 0 Å². The van der Waals surface area contributed by atoms with Crippen molar-refractivity contribution < 1.29 is 4.79 Å². The zero-order chi connectivity index (χ0) is 13.5. The summed E-state index contributed by atoms with van der Waals surface area (Å²) in [5, 5.41) is 0. The average molecular weight is 260 g/mol. The fraction of sp³-hybridized carbons (Fsp3) is 0.562. The summed E-state index contributed by atoms with van der Waals surface area (Å²) in [5.74, 6) is 0.992. The van der Waals surface area contributed by atoms with E-state index in [9.17, 15) is 4.79 Å². The number of likely N-dealkylation sites (tertiary alicyclic amines) is 1. The van der Waals surface area contributed by atoms with Crippen LogP contribution in [0.1, 0.15) is 31.2 Å². The van der Waals surface area contributed by atoms with Gasteiger partial charge >= 0.3 is 0 Å². The quantitative estimate of drug-likeness (QED) is 0.882. The van der Waals surface area contributed by atoms with Crippen molar-refractivity contribution in [2.75, 3.05) is 19.6 Å². The number of piperidine rings is 1. The lowest BCUT2D eigenvalue weighted by molar-refractivity contribution is -0.132. The van der Waals surface area contributed by atoms with Crippen molar-refractivity contribution in [3.63, 3.8) is 0 Å². The first-order valence-corrected chi connectivity index (χ1v) is 7.31. The molecule has 3 nitrogen and oxygen atoms in total. The Hall–Kier alpha value is -1.35. The van der Waals surface area contributed by atoms with Gasteiger partial charge in [0.2, 0.25) is 5.91 Å². The first-order valence-electron chi connectivity index (χ1n) is 7.31. The Morgan fingerprint density at radius 2 is 1.89 bits per heavy atom. The lowest BCUT2D eigenvalue weighted by atomic mass is 9.90. The molecular weight excluding hydrogens is 236 g/mol. The molecule has 0 radical (unpaired) electrons. The van der Waals surface area contributed by atoms with Gasteiger partial charge in [0.1, 0.15) is 0 Å². The minimum atomic E-state index is 0.226. The largest absolute Gasteiger partial charge is 0.343 e. The van der Waals surface area contributed by atoms with Crippen molar-refractivity contribution in [1.82, 2.24) is 4.90 Å². The number of nitrogens with two attached hydrogens (primary N) is 1. The van der Waals surface area contributed by atoms with Crippen LogP contribution in [0.25, 0.3) is 0 Å². The normalized spacial score (nSPS) is 16.6. The molecule has 1 aliphatic heterocycles. The number of aryl methyl sites for hydroxylation is 1. The van der Waals surface area contributed by atoms with Gasteiger partial charge in [-0.1, -0.05) is 30.3 Å². The molecule has 104 valence electrons. The van der Waals surface area contributed by atoms with E-state index in [1.165, 1.54) is 12.0 Å². The highest BCUT2D eigenvalue weighted by Crippen LogP contribution is 2.22. The highest BCUT2D eigenvalue weighted by molar-refractivity contribution is 5.76. The molecular formula is C16H24N2O. The first kappa shape index (κ1) is 14.1. The second-order valence-electron chi connectivity index (χ2n) is 5.39.